The van der Waals surface area contributed by atoms with Gasteiger partial charge in [0.25, 0.3) is 5.91 Å². The number of aliphatic hydroxyl groups is 1. The number of amides is 1. The van der Waals surface area contributed by atoms with E-state index in [0.717, 1.165) is 55.9 Å². The number of ether oxygens (including phenoxy) is 2. The molecule has 2 N–H and O–H groups in total. The van der Waals surface area contributed by atoms with Gasteiger partial charge in [-0.05, 0) is 74.4 Å². The molecule has 1 aromatic carbocycles. The second-order valence-electron chi connectivity index (χ2n) is 8.92. The summed E-state index contributed by atoms with van der Waals surface area (Å²) < 4.78 is 11.1. The van der Waals surface area contributed by atoms with Gasteiger partial charge in [0.1, 0.15) is 11.6 Å². The highest BCUT2D eigenvalue weighted by molar-refractivity contribution is 6.30. The van der Waals surface area contributed by atoms with E-state index in [0.29, 0.717) is 29.7 Å². The van der Waals surface area contributed by atoms with E-state index >= 15 is 0 Å². The third-order valence-corrected chi connectivity index (χ3v) is 6.71. The zero-order valence-electron chi connectivity index (χ0n) is 19.0. The van der Waals surface area contributed by atoms with Crippen LogP contribution in [0.25, 0.3) is 0 Å². The normalized spacial score (nSPS) is 21.2. The van der Waals surface area contributed by atoms with Gasteiger partial charge in [-0.3, -0.25) is 4.79 Å². The largest absolute Gasteiger partial charge is 0.494 e. The lowest BCUT2D eigenvalue weighted by Gasteiger charge is -2.32. The average molecular weight is 474 g/mol. The number of rotatable bonds is 8. The van der Waals surface area contributed by atoms with Gasteiger partial charge in [-0.2, -0.15) is 0 Å². The van der Waals surface area contributed by atoms with Gasteiger partial charge in [0.05, 0.1) is 37.0 Å². The summed E-state index contributed by atoms with van der Waals surface area (Å²) >= 11 is 5.93. The lowest BCUT2D eigenvalue weighted by Crippen LogP contribution is -2.42. The first-order chi connectivity index (χ1) is 16.0. The molecule has 2 saturated heterocycles. The number of nitrogens with zero attached hydrogens (tertiary/aromatic N) is 2. The first-order valence-corrected chi connectivity index (χ1v) is 12.0. The summed E-state index contributed by atoms with van der Waals surface area (Å²) in [7, 11) is 0. The fourth-order valence-corrected chi connectivity index (χ4v) is 4.59. The highest BCUT2D eigenvalue weighted by Gasteiger charge is 2.28. The van der Waals surface area contributed by atoms with Crippen LogP contribution in [0.4, 0.5) is 5.82 Å². The number of aliphatic hydroxyl groups excluding tert-OH is 1. The molecule has 3 heterocycles. The maximum absolute atomic E-state index is 12.5. The molecule has 0 bridgehead atoms. The van der Waals surface area contributed by atoms with Gasteiger partial charge >= 0.3 is 0 Å². The van der Waals surface area contributed by atoms with Crippen molar-refractivity contribution in [3.05, 3.63) is 52.7 Å². The van der Waals surface area contributed by atoms with Crippen LogP contribution in [0.15, 0.2) is 36.5 Å². The smallest absolute Gasteiger partial charge is 0.251 e. The van der Waals surface area contributed by atoms with Crippen LogP contribution in [0.5, 0.6) is 5.75 Å². The molecule has 33 heavy (non-hydrogen) atoms. The molecule has 7 nitrogen and oxygen atoms in total. The van der Waals surface area contributed by atoms with Crippen LogP contribution in [-0.2, 0) is 4.74 Å². The summed E-state index contributed by atoms with van der Waals surface area (Å²) in [5, 5.41) is 13.3. The SMILES string of the molecule is Cc1cc(OCCCC2CCN(c3ccc(Cl)cn3)CC2)ccc1C(=O)N[C@@H]1COC[C@H]1O. The highest BCUT2D eigenvalue weighted by Crippen LogP contribution is 2.26. The Morgan fingerprint density at radius 1 is 1.27 bits per heavy atom. The molecule has 0 radical (unpaired) electrons. The minimum Gasteiger partial charge on any atom is -0.494 e. The Morgan fingerprint density at radius 3 is 2.76 bits per heavy atom. The number of nitrogens with one attached hydrogen (secondary N) is 1. The van der Waals surface area contributed by atoms with Crippen molar-refractivity contribution in [2.45, 2.75) is 44.8 Å². The minimum atomic E-state index is -0.654. The Morgan fingerprint density at radius 2 is 2.09 bits per heavy atom. The van der Waals surface area contributed by atoms with Crippen LogP contribution in [-0.4, -0.2) is 61.1 Å². The van der Waals surface area contributed by atoms with Gasteiger partial charge in [-0.25, -0.2) is 4.98 Å². The molecule has 0 saturated carbocycles. The van der Waals surface area contributed by atoms with Crippen LogP contribution in [0.2, 0.25) is 5.02 Å². The number of aromatic nitrogens is 1. The highest BCUT2D eigenvalue weighted by atomic mass is 35.5. The van der Waals surface area contributed by atoms with E-state index in [1.54, 1.807) is 12.3 Å². The molecule has 1 aromatic heterocycles. The van der Waals surface area contributed by atoms with Crippen molar-refractivity contribution in [2.75, 3.05) is 37.8 Å². The molecule has 178 valence electrons. The number of benzene rings is 1. The molecule has 4 rings (SSSR count). The first-order valence-electron chi connectivity index (χ1n) is 11.7. The molecular weight excluding hydrogens is 442 g/mol. The zero-order chi connectivity index (χ0) is 23.2. The summed E-state index contributed by atoms with van der Waals surface area (Å²) in [6, 6.07) is 9.03. The molecule has 2 aliphatic heterocycles. The number of halogens is 1. The maximum Gasteiger partial charge on any atom is 0.251 e. The second kappa shape index (κ2) is 11.2. The van der Waals surface area contributed by atoms with Crippen molar-refractivity contribution >= 4 is 23.3 Å². The van der Waals surface area contributed by atoms with Crippen LogP contribution < -0.4 is 15.0 Å². The van der Waals surface area contributed by atoms with Gasteiger partial charge in [0.2, 0.25) is 0 Å². The van der Waals surface area contributed by atoms with Crippen molar-refractivity contribution in [3.63, 3.8) is 0 Å². The molecule has 0 aliphatic carbocycles. The van der Waals surface area contributed by atoms with Gasteiger partial charge in [-0.1, -0.05) is 11.6 Å². The van der Waals surface area contributed by atoms with Crippen molar-refractivity contribution in [1.29, 1.82) is 0 Å². The summed E-state index contributed by atoms with van der Waals surface area (Å²) in [6.07, 6.45) is 5.52. The number of aryl methyl sites for hydroxylation is 1. The molecular formula is C25H32ClN3O4. The Labute approximate surface area is 200 Å². The average Bonchev–Trinajstić information content (AvgIpc) is 3.22. The van der Waals surface area contributed by atoms with Crippen molar-refractivity contribution in [1.82, 2.24) is 10.3 Å². The van der Waals surface area contributed by atoms with E-state index in [4.69, 9.17) is 21.1 Å². The van der Waals surface area contributed by atoms with Gasteiger partial charge in [0.15, 0.2) is 0 Å². The minimum absolute atomic E-state index is 0.200. The van der Waals surface area contributed by atoms with Crippen molar-refractivity contribution in [3.8, 4) is 5.75 Å². The predicted octanol–water partition coefficient (Wildman–Crippen LogP) is 3.61. The second-order valence-corrected chi connectivity index (χ2v) is 9.35. The molecule has 8 heteroatoms. The topological polar surface area (TPSA) is 83.9 Å². The fraction of sp³-hybridized carbons (Fsp3) is 0.520. The summed E-state index contributed by atoms with van der Waals surface area (Å²) in [4.78, 5) is 19.3. The van der Waals surface area contributed by atoms with E-state index in [-0.39, 0.29) is 18.6 Å². The zero-order valence-corrected chi connectivity index (χ0v) is 19.8. The number of carbonyl (C=O) groups excluding carboxylic acids is 1. The van der Waals surface area contributed by atoms with Gasteiger partial charge in [-0.15, -0.1) is 0 Å². The predicted molar refractivity (Wildman–Crippen MR) is 128 cm³/mol. The van der Waals surface area contributed by atoms with Crippen molar-refractivity contribution < 1.29 is 19.4 Å². The van der Waals surface area contributed by atoms with Crippen LogP contribution >= 0.6 is 11.6 Å². The molecule has 0 unspecified atom stereocenters. The first kappa shape index (κ1) is 23.8. The quantitative estimate of drug-likeness (QED) is 0.570. The Hall–Kier alpha value is -2.35. The summed E-state index contributed by atoms with van der Waals surface area (Å²) in [6.45, 7) is 5.20. The third kappa shape index (κ3) is 6.37. The lowest BCUT2D eigenvalue weighted by atomic mass is 9.92. The van der Waals surface area contributed by atoms with Crippen molar-refractivity contribution in [2.24, 2.45) is 5.92 Å². The summed E-state index contributed by atoms with van der Waals surface area (Å²) in [5.74, 6) is 2.28. The van der Waals surface area contributed by atoms with E-state index in [2.05, 4.69) is 15.2 Å². The lowest BCUT2D eigenvalue weighted by molar-refractivity contribution is 0.0885. The monoisotopic (exact) mass is 473 g/mol. The van der Waals surface area contributed by atoms with E-state index in [1.165, 1.54) is 0 Å². The number of pyridine rings is 1. The van der Waals surface area contributed by atoms with Crippen LogP contribution in [0.1, 0.15) is 41.6 Å². The van der Waals surface area contributed by atoms with Gasteiger partial charge in [0, 0.05) is 24.8 Å². The molecule has 2 aliphatic rings. The molecule has 1 amide bonds. The summed E-state index contributed by atoms with van der Waals surface area (Å²) in [5.41, 5.74) is 1.44. The number of piperidine rings is 1. The molecule has 2 fully saturated rings. The Balaban J connectivity index is 1.17. The molecule has 2 atom stereocenters. The fourth-order valence-electron chi connectivity index (χ4n) is 4.48. The molecule has 2 aromatic rings. The maximum atomic E-state index is 12.5. The molecule has 0 spiro atoms. The van der Waals surface area contributed by atoms with Crippen LogP contribution in [0, 0.1) is 12.8 Å². The number of anilines is 1. The standard InChI is InChI=1S/C25H32ClN3O4/c1-17-13-20(5-6-21(17)25(31)28-22-15-32-16-23(22)30)33-12-2-3-18-8-10-29(11-9-18)24-7-4-19(26)14-27-24/h4-7,13-14,18,22-23,30H,2-3,8-12,15-16H2,1H3,(H,28,31)/t22-,23-/m1/s1. The van der Waals surface area contributed by atoms with E-state index < -0.39 is 6.10 Å². The van der Waals surface area contributed by atoms with E-state index in [1.807, 2.05) is 31.2 Å². The van der Waals surface area contributed by atoms with E-state index in [9.17, 15) is 9.90 Å². The number of hydrogen-bond donors (Lipinski definition) is 2. The third-order valence-electron chi connectivity index (χ3n) is 6.49. The van der Waals surface area contributed by atoms with Crippen LogP contribution in [0.3, 0.4) is 0 Å². The Bertz CT molecular complexity index is 932. The number of hydrogen-bond acceptors (Lipinski definition) is 6. The number of carbonyl (C=O) groups is 1. The van der Waals surface area contributed by atoms with Gasteiger partial charge < -0.3 is 24.8 Å². The Kier molecular flexibility index (Phi) is 8.06.